The number of aromatic nitrogens is 2. The first-order chi connectivity index (χ1) is 14.0. The van der Waals surface area contributed by atoms with Gasteiger partial charge in [0.2, 0.25) is 11.8 Å². The Hall–Kier alpha value is -3.12. The Morgan fingerprint density at radius 1 is 1.14 bits per heavy atom. The number of likely N-dealkylation sites (N-methyl/N-ethyl adjacent to an activating group) is 1. The molecular formula is C22H19ClN4O2. The maximum absolute atomic E-state index is 13.7. The Labute approximate surface area is 173 Å². The zero-order chi connectivity index (χ0) is 20.3. The molecule has 7 heteroatoms. The highest BCUT2D eigenvalue weighted by Gasteiger charge is 2.57. The molecule has 0 bridgehead atoms. The fourth-order valence-electron chi connectivity index (χ4n) is 4.61. The average Bonchev–Trinajstić information content (AvgIpc) is 3.21. The topological polar surface area (TPSA) is 67.2 Å². The Kier molecular flexibility index (Phi) is 3.83. The van der Waals surface area contributed by atoms with Crippen molar-refractivity contribution in [1.82, 2.24) is 9.78 Å². The zero-order valence-corrected chi connectivity index (χ0v) is 16.8. The second-order valence-corrected chi connectivity index (χ2v) is 7.83. The molecule has 3 aromatic rings. The van der Waals surface area contributed by atoms with E-state index in [4.69, 9.17) is 11.6 Å². The van der Waals surface area contributed by atoms with Crippen molar-refractivity contribution in [2.75, 3.05) is 16.8 Å². The first kappa shape index (κ1) is 17.9. The smallest absolute Gasteiger partial charge is 0.242 e. The minimum absolute atomic E-state index is 0.00549. The highest BCUT2D eigenvalue weighted by atomic mass is 35.5. The van der Waals surface area contributed by atoms with Crippen molar-refractivity contribution in [3.05, 3.63) is 70.4 Å². The number of benzene rings is 2. The van der Waals surface area contributed by atoms with Gasteiger partial charge in [0.1, 0.15) is 11.2 Å². The summed E-state index contributed by atoms with van der Waals surface area (Å²) in [7, 11) is 0. The van der Waals surface area contributed by atoms with E-state index in [1.165, 1.54) is 0 Å². The van der Waals surface area contributed by atoms with Crippen LogP contribution < -0.4 is 10.2 Å². The predicted octanol–water partition coefficient (Wildman–Crippen LogP) is 3.83. The molecule has 2 aliphatic heterocycles. The van der Waals surface area contributed by atoms with Gasteiger partial charge in [0, 0.05) is 34.8 Å². The largest absolute Gasteiger partial charge is 0.311 e. The number of rotatable bonds is 2. The second-order valence-electron chi connectivity index (χ2n) is 7.42. The fourth-order valence-corrected chi connectivity index (χ4v) is 4.94. The first-order valence-corrected chi connectivity index (χ1v) is 9.92. The molecule has 1 spiro atoms. The molecule has 5 rings (SSSR count). The van der Waals surface area contributed by atoms with E-state index in [2.05, 4.69) is 10.4 Å². The summed E-state index contributed by atoms with van der Waals surface area (Å²) in [6, 6.07) is 13.3. The molecule has 0 radical (unpaired) electrons. The van der Waals surface area contributed by atoms with E-state index < -0.39 is 5.41 Å². The lowest BCUT2D eigenvalue weighted by Gasteiger charge is -2.32. The van der Waals surface area contributed by atoms with Crippen molar-refractivity contribution in [3.63, 3.8) is 0 Å². The van der Waals surface area contributed by atoms with Gasteiger partial charge in [0.15, 0.2) is 0 Å². The third-order valence-corrected chi connectivity index (χ3v) is 6.21. The van der Waals surface area contributed by atoms with Crippen LogP contribution in [0.3, 0.4) is 0 Å². The number of hydrogen-bond acceptors (Lipinski definition) is 3. The van der Waals surface area contributed by atoms with Crippen LogP contribution in [0.4, 0.5) is 11.5 Å². The van der Waals surface area contributed by atoms with Gasteiger partial charge in [-0.05, 0) is 37.6 Å². The van der Waals surface area contributed by atoms with Crippen molar-refractivity contribution in [3.8, 4) is 5.69 Å². The Morgan fingerprint density at radius 2 is 1.90 bits per heavy atom. The normalized spacial score (nSPS) is 20.0. The van der Waals surface area contributed by atoms with Gasteiger partial charge in [0.05, 0.1) is 11.9 Å². The quantitative estimate of drug-likeness (QED) is 0.703. The molecule has 2 aliphatic rings. The lowest BCUT2D eigenvalue weighted by Crippen LogP contribution is -2.46. The van der Waals surface area contributed by atoms with Gasteiger partial charge in [-0.15, -0.1) is 0 Å². The molecule has 2 aromatic carbocycles. The molecule has 6 nitrogen and oxygen atoms in total. The number of nitrogens with one attached hydrogen (secondary N) is 1. The van der Waals surface area contributed by atoms with Gasteiger partial charge in [-0.25, -0.2) is 4.68 Å². The summed E-state index contributed by atoms with van der Waals surface area (Å²) < 4.78 is 1.70. The van der Waals surface area contributed by atoms with E-state index in [9.17, 15) is 9.59 Å². The maximum atomic E-state index is 13.7. The summed E-state index contributed by atoms with van der Waals surface area (Å²) in [5, 5.41) is 7.98. The molecule has 1 aromatic heterocycles. The number of carbonyl (C=O) groups excluding carboxylic acids is 2. The van der Waals surface area contributed by atoms with Crippen LogP contribution in [-0.4, -0.2) is 28.1 Å². The third kappa shape index (κ3) is 2.26. The Balaban J connectivity index is 1.82. The van der Waals surface area contributed by atoms with Gasteiger partial charge in [-0.2, -0.15) is 5.10 Å². The highest BCUT2D eigenvalue weighted by molar-refractivity contribution is 6.33. The van der Waals surface area contributed by atoms with Crippen LogP contribution in [0.25, 0.3) is 5.69 Å². The molecule has 0 saturated heterocycles. The van der Waals surface area contributed by atoms with Crippen molar-refractivity contribution in [2.24, 2.45) is 0 Å². The van der Waals surface area contributed by atoms with Gasteiger partial charge >= 0.3 is 0 Å². The van der Waals surface area contributed by atoms with Crippen LogP contribution in [0.5, 0.6) is 0 Å². The van der Waals surface area contributed by atoms with Gasteiger partial charge < -0.3 is 10.2 Å². The molecule has 3 heterocycles. The van der Waals surface area contributed by atoms with Crippen molar-refractivity contribution in [2.45, 2.75) is 25.7 Å². The number of aryl methyl sites for hydroxylation is 1. The van der Waals surface area contributed by atoms with Gasteiger partial charge in [-0.3, -0.25) is 9.59 Å². The summed E-state index contributed by atoms with van der Waals surface area (Å²) in [6.07, 6.45) is 1.69. The molecule has 0 saturated carbocycles. The standard InChI is InChI=1S/C22H19ClN4O2/c1-3-26-17-10-6-8-15(23)19(17)22(21(26)29)11-18(28)25-20-14(22)12-24-27(20)16-9-5-4-7-13(16)2/h4-10,12H,3,11H2,1-2H3,(H,25,28)/t22-/m0/s1. The number of amides is 2. The molecular weight excluding hydrogens is 388 g/mol. The predicted molar refractivity (Wildman–Crippen MR) is 112 cm³/mol. The van der Waals surface area contributed by atoms with E-state index in [1.807, 2.05) is 50.2 Å². The number of hydrogen-bond donors (Lipinski definition) is 1. The van der Waals surface area contributed by atoms with Crippen molar-refractivity contribution in [1.29, 1.82) is 0 Å². The lowest BCUT2D eigenvalue weighted by molar-refractivity contribution is -0.126. The number of para-hydroxylation sites is 1. The molecule has 1 atom stereocenters. The van der Waals surface area contributed by atoms with Crippen molar-refractivity contribution >= 4 is 34.9 Å². The Morgan fingerprint density at radius 3 is 2.66 bits per heavy atom. The van der Waals surface area contributed by atoms with Crippen LogP contribution in [-0.2, 0) is 15.0 Å². The summed E-state index contributed by atoms with van der Waals surface area (Å²) in [4.78, 5) is 28.2. The molecule has 0 unspecified atom stereocenters. The van der Waals surface area contributed by atoms with Crippen molar-refractivity contribution < 1.29 is 9.59 Å². The molecule has 146 valence electrons. The second kappa shape index (κ2) is 6.19. The number of anilines is 2. The molecule has 0 aliphatic carbocycles. The zero-order valence-electron chi connectivity index (χ0n) is 16.1. The molecule has 0 fully saturated rings. The summed E-state index contributed by atoms with van der Waals surface area (Å²) in [5.41, 5.74) is 2.82. The molecule has 2 amide bonds. The molecule has 29 heavy (non-hydrogen) atoms. The van der Waals surface area contributed by atoms with E-state index in [0.29, 0.717) is 28.5 Å². The van der Waals surface area contributed by atoms with Gasteiger partial charge in [0.25, 0.3) is 0 Å². The van der Waals surface area contributed by atoms with Crippen LogP contribution in [0.1, 0.15) is 30.0 Å². The average molecular weight is 407 g/mol. The highest BCUT2D eigenvalue weighted by Crippen LogP contribution is 2.54. The SMILES string of the molecule is CCN1C(=O)[C@]2(CC(=O)Nc3c2cnn3-c2ccccc2C)c2c(Cl)cccc21. The van der Waals surface area contributed by atoms with E-state index >= 15 is 0 Å². The van der Waals surface area contributed by atoms with Crippen LogP contribution >= 0.6 is 11.6 Å². The van der Waals surface area contributed by atoms with Crippen LogP contribution in [0.15, 0.2) is 48.7 Å². The summed E-state index contributed by atoms with van der Waals surface area (Å²) in [5.74, 6) is 0.154. The fraction of sp³-hybridized carbons (Fsp3) is 0.227. The number of fused-ring (bicyclic) bond motifs is 4. The number of halogens is 1. The third-order valence-electron chi connectivity index (χ3n) is 5.89. The lowest BCUT2D eigenvalue weighted by atomic mass is 9.71. The maximum Gasteiger partial charge on any atom is 0.242 e. The first-order valence-electron chi connectivity index (χ1n) is 9.54. The molecule has 1 N–H and O–H groups in total. The Bertz CT molecular complexity index is 1190. The van der Waals surface area contributed by atoms with Crippen LogP contribution in [0, 0.1) is 6.92 Å². The van der Waals surface area contributed by atoms with Gasteiger partial charge in [-0.1, -0.05) is 35.9 Å². The number of nitrogens with zero attached hydrogens (tertiary/aromatic N) is 3. The minimum atomic E-state index is -1.16. The number of carbonyl (C=O) groups is 2. The van der Waals surface area contributed by atoms with E-state index in [-0.39, 0.29) is 18.2 Å². The summed E-state index contributed by atoms with van der Waals surface area (Å²) in [6.45, 7) is 4.40. The minimum Gasteiger partial charge on any atom is -0.311 e. The van der Waals surface area contributed by atoms with E-state index in [0.717, 1.165) is 16.9 Å². The monoisotopic (exact) mass is 406 g/mol. The summed E-state index contributed by atoms with van der Waals surface area (Å²) >= 11 is 6.61. The van der Waals surface area contributed by atoms with Crippen LogP contribution in [0.2, 0.25) is 5.02 Å². The van der Waals surface area contributed by atoms with E-state index in [1.54, 1.807) is 21.8 Å².